The van der Waals surface area contributed by atoms with E-state index in [1.807, 2.05) is 43.1 Å². The van der Waals surface area contributed by atoms with Crippen LogP contribution in [-0.4, -0.2) is 45.0 Å². The van der Waals surface area contributed by atoms with E-state index >= 15 is 0 Å². The van der Waals surface area contributed by atoms with Crippen LogP contribution in [0.5, 0.6) is 0 Å². The first-order valence-corrected chi connectivity index (χ1v) is 9.07. The molecule has 4 nitrogen and oxygen atoms in total. The molecule has 20 heavy (non-hydrogen) atoms. The van der Waals surface area contributed by atoms with Crippen molar-refractivity contribution in [2.75, 3.05) is 25.6 Å². The number of sulfone groups is 1. The molecule has 0 spiro atoms. The summed E-state index contributed by atoms with van der Waals surface area (Å²) in [6, 6.07) is 7.48. The zero-order valence-corrected chi connectivity index (χ0v) is 13.8. The highest BCUT2D eigenvalue weighted by Crippen LogP contribution is 2.25. The molecular weight excluding hydrogens is 296 g/mol. The quantitative estimate of drug-likeness (QED) is 0.836. The van der Waals surface area contributed by atoms with Gasteiger partial charge in [-0.3, -0.25) is 4.90 Å². The van der Waals surface area contributed by atoms with Gasteiger partial charge in [0.15, 0.2) is 0 Å². The average Bonchev–Trinajstić information content (AvgIpc) is 2.38. The van der Waals surface area contributed by atoms with E-state index in [2.05, 4.69) is 0 Å². The van der Waals surface area contributed by atoms with Crippen LogP contribution in [0.25, 0.3) is 0 Å². The first-order chi connectivity index (χ1) is 9.24. The van der Waals surface area contributed by atoms with Gasteiger partial charge in [-0.25, -0.2) is 8.42 Å². The van der Waals surface area contributed by atoms with Gasteiger partial charge in [0, 0.05) is 29.9 Å². The summed E-state index contributed by atoms with van der Waals surface area (Å²) in [5.41, 5.74) is 7.26. The van der Waals surface area contributed by atoms with Gasteiger partial charge in [0.2, 0.25) is 0 Å². The molecule has 0 saturated carbocycles. The maximum Gasteiger partial charge on any atom is 0.148 e. The van der Waals surface area contributed by atoms with Crippen molar-refractivity contribution in [1.82, 2.24) is 4.90 Å². The molecule has 0 fully saturated rings. The first-order valence-electron chi connectivity index (χ1n) is 6.63. The molecule has 6 heteroatoms. The van der Waals surface area contributed by atoms with E-state index in [0.29, 0.717) is 11.6 Å². The highest BCUT2D eigenvalue weighted by atomic mass is 35.5. The monoisotopic (exact) mass is 318 g/mol. The van der Waals surface area contributed by atoms with Gasteiger partial charge < -0.3 is 5.73 Å². The molecule has 1 aromatic rings. The number of halogens is 1. The molecule has 0 amide bonds. The number of nitrogens with zero attached hydrogens (tertiary/aromatic N) is 1. The fourth-order valence-electron chi connectivity index (χ4n) is 2.16. The smallest absolute Gasteiger partial charge is 0.148 e. The minimum atomic E-state index is -2.98. The fourth-order valence-corrected chi connectivity index (χ4v) is 2.91. The molecule has 1 rings (SSSR count). The zero-order valence-electron chi connectivity index (χ0n) is 12.2. The lowest BCUT2D eigenvalue weighted by molar-refractivity contribution is 0.220. The molecule has 0 aliphatic carbocycles. The summed E-state index contributed by atoms with van der Waals surface area (Å²) in [6.07, 6.45) is 2.06. The number of nitrogens with two attached hydrogens (primary N) is 1. The lowest BCUT2D eigenvalue weighted by atomic mass is 9.97. The van der Waals surface area contributed by atoms with Crippen molar-refractivity contribution in [3.63, 3.8) is 0 Å². The second-order valence-electron chi connectivity index (χ2n) is 5.18. The molecule has 2 atom stereocenters. The van der Waals surface area contributed by atoms with Crippen LogP contribution in [0.4, 0.5) is 0 Å². The molecule has 0 aliphatic rings. The van der Waals surface area contributed by atoms with Crippen LogP contribution >= 0.6 is 11.6 Å². The van der Waals surface area contributed by atoms with Gasteiger partial charge in [0.05, 0.1) is 5.75 Å². The van der Waals surface area contributed by atoms with E-state index in [9.17, 15) is 8.42 Å². The van der Waals surface area contributed by atoms with E-state index in [-0.39, 0.29) is 17.8 Å². The normalized spacial score (nSPS) is 15.3. The maximum absolute atomic E-state index is 11.3. The Hall–Kier alpha value is -0.620. The summed E-state index contributed by atoms with van der Waals surface area (Å²) in [5.74, 6) is 0.129. The molecule has 2 unspecified atom stereocenters. The van der Waals surface area contributed by atoms with Crippen molar-refractivity contribution >= 4 is 21.4 Å². The molecule has 2 N–H and O–H groups in total. The van der Waals surface area contributed by atoms with Crippen LogP contribution in [0, 0.1) is 0 Å². The minimum Gasteiger partial charge on any atom is -0.326 e. The van der Waals surface area contributed by atoms with E-state index < -0.39 is 9.84 Å². The molecule has 1 aromatic carbocycles. The van der Waals surface area contributed by atoms with E-state index in [1.165, 1.54) is 6.26 Å². The average molecular weight is 319 g/mol. The van der Waals surface area contributed by atoms with Crippen molar-refractivity contribution in [2.45, 2.75) is 25.4 Å². The molecular formula is C14H23ClN2O2S. The standard InChI is InChI=1S/C14H23ClN2O2S/c1-4-13(16)14(11-5-7-12(15)8-6-11)17(2)9-10-20(3,18)19/h5-8,13-14H,4,9-10,16H2,1-3H3. The number of hydrogen-bond acceptors (Lipinski definition) is 4. The summed E-state index contributed by atoms with van der Waals surface area (Å²) >= 11 is 5.91. The van der Waals surface area contributed by atoms with Crippen molar-refractivity contribution < 1.29 is 8.42 Å². The third-order valence-electron chi connectivity index (χ3n) is 3.38. The van der Waals surface area contributed by atoms with Crippen LogP contribution in [-0.2, 0) is 9.84 Å². The zero-order chi connectivity index (χ0) is 15.3. The van der Waals surface area contributed by atoms with E-state index in [0.717, 1.165) is 12.0 Å². The summed E-state index contributed by atoms with van der Waals surface area (Å²) in [5, 5.41) is 0.677. The molecule has 114 valence electrons. The predicted octanol–water partition coefficient (Wildman–Crippen LogP) is 2.09. The minimum absolute atomic E-state index is 0.0148. The fraction of sp³-hybridized carbons (Fsp3) is 0.571. The van der Waals surface area contributed by atoms with Crippen molar-refractivity contribution in [2.24, 2.45) is 5.73 Å². The lowest BCUT2D eigenvalue weighted by Gasteiger charge is -2.32. The summed E-state index contributed by atoms with van der Waals surface area (Å²) in [7, 11) is -1.07. The van der Waals surface area contributed by atoms with E-state index in [1.54, 1.807) is 0 Å². The van der Waals surface area contributed by atoms with Crippen molar-refractivity contribution in [1.29, 1.82) is 0 Å². The van der Waals surface area contributed by atoms with Crippen LogP contribution in [0.15, 0.2) is 24.3 Å². The molecule has 0 bridgehead atoms. The van der Waals surface area contributed by atoms with Gasteiger partial charge in [-0.05, 0) is 31.2 Å². The van der Waals surface area contributed by atoms with Gasteiger partial charge in [-0.1, -0.05) is 30.7 Å². The third kappa shape index (κ3) is 5.40. The lowest BCUT2D eigenvalue weighted by Crippen LogP contribution is -2.40. The SMILES string of the molecule is CCC(N)C(c1ccc(Cl)cc1)N(C)CCS(C)(=O)=O. The van der Waals surface area contributed by atoms with Gasteiger partial charge >= 0.3 is 0 Å². The number of rotatable bonds is 7. The topological polar surface area (TPSA) is 63.4 Å². The van der Waals surface area contributed by atoms with E-state index in [4.69, 9.17) is 17.3 Å². The summed E-state index contributed by atoms with van der Waals surface area (Å²) < 4.78 is 22.6. The van der Waals surface area contributed by atoms with Gasteiger partial charge in [0.25, 0.3) is 0 Å². The van der Waals surface area contributed by atoms with Gasteiger partial charge in [-0.15, -0.1) is 0 Å². The van der Waals surface area contributed by atoms with Crippen LogP contribution in [0.3, 0.4) is 0 Å². The largest absolute Gasteiger partial charge is 0.326 e. The highest BCUT2D eigenvalue weighted by molar-refractivity contribution is 7.90. The highest BCUT2D eigenvalue weighted by Gasteiger charge is 2.23. The second-order valence-corrected chi connectivity index (χ2v) is 7.88. The molecule has 0 radical (unpaired) electrons. The summed E-state index contributed by atoms with van der Waals surface area (Å²) in [6.45, 7) is 2.48. The number of benzene rings is 1. The Morgan fingerprint density at radius 3 is 2.30 bits per heavy atom. The molecule has 0 saturated heterocycles. The van der Waals surface area contributed by atoms with Gasteiger partial charge in [0.1, 0.15) is 9.84 Å². The molecule has 0 heterocycles. The Labute approximate surface area is 126 Å². The third-order valence-corrected chi connectivity index (χ3v) is 4.55. The number of hydrogen-bond donors (Lipinski definition) is 1. The Morgan fingerprint density at radius 2 is 1.85 bits per heavy atom. The maximum atomic E-state index is 11.3. The van der Waals surface area contributed by atoms with Crippen LogP contribution in [0.2, 0.25) is 5.02 Å². The molecule has 0 aliphatic heterocycles. The Kier molecular flexibility index (Phi) is 6.45. The van der Waals surface area contributed by atoms with Crippen molar-refractivity contribution in [3.05, 3.63) is 34.9 Å². The summed E-state index contributed by atoms with van der Waals surface area (Å²) in [4.78, 5) is 2.00. The number of likely N-dealkylation sites (N-methyl/N-ethyl adjacent to an activating group) is 1. The first kappa shape index (κ1) is 17.4. The molecule has 0 aromatic heterocycles. The Balaban J connectivity index is 2.91. The van der Waals surface area contributed by atoms with Crippen LogP contribution < -0.4 is 5.73 Å². The van der Waals surface area contributed by atoms with Crippen LogP contribution in [0.1, 0.15) is 24.9 Å². The second kappa shape index (κ2) is 7.41. The Morgan fingerprint density at radius 1 is 1.30 bits per heavy atom. The van der Waals surface area contributed by atoms with Crippen molar-refractivity contribution in [3.8, 4) is 0 Å². The van der Waals surface area contributed by atoms with Gasteiger partial charge in [-0.2, -0.15) is 0 Å². The Bertz CT molecular complexity index is 516. The predicted molar refractivity (Wildman–Crippen MR) is 84.8 cm³/mol.